The Balaban J connectivity index is 0.773. The Morgan fingerprint density at radius 2 is 1.46 bits per heavy atom. The van der Waals surface area contributed by atoms with Gasteiger partial charge in [-0.2, -0.15) is 0 Å². The summed E-state index contributed by atoms with van der Waals surface area (Å²) in [6.07, 6.45) is 10.7. The molecule has 1 saturated carbocycles. The lowest BCUT2D eigenvalue weighted by Crippen LogP contribution is -2.52. The van der Waals surface area contributed by atoms with E-state index in [2.05, 4.69) is 62.5 Å². The zero-order valence-corrected chi connectivity index (χ0v) is 30.2. The fourth-order valence-corrected chi connectivity index (χ4v) is 10.7. The Kier molecular flexibility index (Phi) is 8.72. The highest BCUT2D eigenvalue weighted by Crippen LogP contribution is 2.58. The Labute approximate surface area is 307 Å². The van der Waals surface area contributed by atoms with Gasteiger partial charge in [0.1, 0.15) is 11.8 Å². The molecule has 4 aliphatic heterocycles. The molecule has 9 rings (SSSR count). The van der Waals surface area contributed by atoms with Crippen molar-refractivity contribution < 1.29 is 19.5 Å². The molecule has 3 aromatic carbocycles. The molecular formula is C43H51N5O4. The van der Waals surface area contributed by atoms with Crippen molar-refractivity contribution in [1.82, 2.24) is 15.1 Å². The number of piperazine rings is 1. The average Bonchev–Trinajstić information content (AvgIpc) is 3.76. The number of carbonyl (C=O) groups is 3. The molecule has 3 aromatic rings. The third-order valence-electron chi connectivity index (χ3n) is 13.5. The standard InChI is InChI=1S/C43H51N5O4/c49-35-8-10-36-31(26-35)13-18-43(16-1-2-17-43)40(36)30-3-5-33(6-4-30)46-19-14-29(15-20-46)27-45-21-23-47(24-22-45)34-7-9-37-32(25-34)28-48(42(37)52)38-11-12-39(50)44-41(38)51/h3-10,25-26,29,38,40,49H,1-2,11-24,27-28H2,(H,44,50,51)/t38-,40+/m1/s1. The van der Waals surface area contributed by atoms with E-state index in [1.165, 1.54) is 67.3 Å². The van der Waals surface area contributed by atoms with Crippen molar-refractivity contribution in [2.75, 3.05) is 55.6 Å². The number of nitrogens with zero attached hydrogens (tertiary/aromatic N) is 4. The van der Waals surface area contributed by atoms with E-state index in [4.69, 9.17) is 0 Å². The zero-order valence-electron chi connectivity index (χ0n) is 30.2. The number of carbonyl (C=O) groups excluding carboxylic acids is 3. The molecule has 0 bridgehead atoms. The van der Waals surface area contributed by atoms with Crippen molar-refractivity contribution in [3.05, 3.63) is 88.5 Å². The number of aryl methyl sites for hydroxylation is 1. The molecule has 2 aliphatic carbocycles. The number of benzene rings is 3. The fourth-order valence-electron chi connectivity index (χ4n) is 10.7. The first-order valence-corrected chi connectivity index (χ1v) is 19.8. The quantitative estimate of drug-likeness (QED) is 0.313. The van der Waals surface area contributed by atoms with Crippen molar-refractivity contribution in [2.24, 2.45) is 11.3 Å². The van der Waals surface area contributed by atoms with Crippen LogP contribution in [0.5, 0.6) is 5.75 Å². The SMILES string of the molecule is O=C1CC[C@@H](N2Cc3cc(N4CCN(CC5CCN(c6ccc([C@H]7c8ccc(O)cc8CCC78CCCC8)cc6)CC5)CC4)ccc3C2=O)C(=O)N1. The highest BCUT2D eigenvalue weighted by Gasteiger charge is 2.46. The minimum Gasteiger partial charge on any atom is -0.508 e. The van der Waals surface area contributed by atoms with Crippen LogP contribution in [0.4, 0.5) is 11.4 Å². The Morgan fingerprint density at radius 3 is 2.21 bits per heavy atom. The number of fused-ring (bicyclic) bond motifs is 2. The van der Waals surface area contributed by atoms with Crippen LogP contribution in [-0.4, -0.2) is 84.5 Å². The summed E-state index contributed by atoms with van der Waals surface area (Å²) in [5, 5.41) is 12.6. The van der Waals surface area contributed by atoms with Crippen LogP contribution in [0.3, 0.4) is 0 Å². The highest BCUT2D eigenvalue weighted by molar-refractivity contribution is 6.05. The predicted molar refractivity (Wildman–Crippen MR) is 202 cm³/mol. The van der Waals surface area contributed by atoms with Gasteiger partial charge in [-0.05, 0) is 121 Å². The van der Waals surface area contributed by atoms with Gasteiger partial charge in [0, 0.05) is 81.6 Å². The molecule has 2 N–H and O–H groups in total. The van der Waals surface area contributed by atoms with Gasteiger partial charge in [-0.15, -0.1) is 0 Å². The number of phenols is 1. The summed E-state index contributed by atoms with van der Waals surface area (Å²) in [7, 11) is 0. The molecule has 1 spiro atoms. The van der Waals surface area contributed by atoms with E-state index in [1.807, 2.05) is 18.2 Å². The number of piperidine rings is 2. The maximum atomic E-state index is 13.1. The Morgan fingerprint density at radius 1 is 0.731 bits per heavy atom. The van der Waals surface area contributed by atoms with E-state index in [1.54, 1.807) is 4.90 Å². The molecule has 9 nitrogen and oxygen atoms in total. The van der Waals surface area contributed by atoms with Crippen LogP contribution in [-0.2, 0) is 22.6 Å². The highest BCUT2D eigenvalue weighted by atomic mass is 16.3. The first-order valence-electron chi connectivity index (χ1n) is 19.8. The van der Waals surface area contributed by atoms with Gasteiger partial charge in [0.2, 0.25) is 11.8 Å². The van der Waals surface area contributed by atoms with Gasteiger partial charge in [0.15, 0.2) is 0 Å². The number of rotatable bonds is 6. The molecule has 0 radical (unpaired) electrons. The number of aromatic hydroxyl groups is 1. The van der Waals surface area contributed by atoms with E-state index >= 15 is 0 Å². The molecule has 6 aliphatic rings. The minimum atomic E-state index is -0.580. The van der Waals surface area contributed by atoms with Crippen LogP contribution in [0.15, 0.2) is 60.7 Å². The number of amides is 3. The lowest BCUT2D eigenvalue weighted by atomic mass is 9.60. The van der Waals surface area contributed by atoms with E-state index in [-0.39, 0.29) is 24.1 Å². The maximum Gasteiger partial charge on any atom is 0.255 e. The van der Waals surface area contributed by atoms with Gasteiger partial charge in [0.25, 0.3) is 5.91 Å². The van der Waals surface area contributed by atoms with E-state index < -0.39 is 6.04 Å². The summed E-state index contributed by atoms with van der Waals surface area (Å²) >= 11 is 0. The number of hydrogen-bond donors (Lipinski definition) is 2. The number of imide groups is 1. The first-order chi connectivity index (χ1) is 25.3. The molecule has 4 fully saturated rings. The van der Waals surface area contributed by atoms with Gasteiger partial charge < -0.3 is 19.8 Å². The molecule has 0 aromatic heterocycles. The summed E-state index contributed by atoms with van der Waals surface area (Å²) in [6, 6.07) is 21.1. The van der Waals surface area contributed by atoms with Gasteiger partial charge in [-0.25, -0.2) is 0 Å². The van der Waals surface area contributed by atoms with E-state index in [0.29, 0.717) is 41.5 Å². The van der Waals surface area contributed by atoms with Crippen molar-refractivity contribution in [3.8, 4) is 5.75 Å². The first kappa shape index (κ1) is 33.5. The number of phenolic OH excluding ortho intramolecular Hbond substituents is 1. The Bertz CT molecular complexity index is 1850. The largest absolute Gasteiger partial charge is 0.508 e. The number of anilines is 2. The molecule has 4 heterocycles. The molecule has 0 unspecified atom stereocenters. The lowest BCUT2D eigenvalue weighted by molar-refractivity contribution is -0.136. The van der Waals surface area contributed by atoms with Crippen LogP contribution in [0.25, 0.3) is 0 Å². The third-order valence-corrected chi connectivity index (χ3v) is 13.5. The summed E-state index contributed by atoms with van der Waals surface area (Å²) in [4.78, 5) is 46.5. The van der Waals surface area contributed by atoms with Crippen LogP contribution >= 0.6 is 0 Å². The van der Waals surface area contributed by atoms with Gasteiger partial charge >= 0.3 is 0 Å². The van der Waals surface area contributed by atoms with Gasteiger partial charge in [-0.1, -0.05) is 31.0 Å². The van der Waals surface area contributed by atoms with Gasteiger partial charge in [-0.3, -0.25) is 24.6 Å². The topological polar surface area (TPSA) is 96.4 Å². The molecule has 3 amide bonds. The number of hydrogen-bond acceptors (Lipinski definition) is 7. The zero-order chi connectivity index (χ0) is 35.4. The molecule has 52 heavy (non-hydrogen) atoms. The Hall–Kier alpha value is -4.37. The maximum absolute atomic E-state index is 13.1. The summed E-state index contributed by atoms with van der Waals surface area (Å²) in [5.41, 5.74) is 8.68. The van der Waals surface area contributed by atoms with Crippen LogP contribution < -0.4 is 15.1 Å². The van der Waals surface area contributed by atoms with Crippen LogP contribution in [0, 0.1) is 11.3 Å². The second-order valence-corrected chi connectivity index (χ2v) is 16.4. The molecule has 3 saturated heterocycles. The second-order valence-electron chi connectivity index (χ2n) is 16.4. The van der Waals surface area contributed by atoms with Crippen LogP contribution in [0.1, 0.15) is 96.3 Å². The molecular weight excluding hydrogens is 651 g/mol. The van der Waals surface area contributed by atoms with E-state index in [0.717, 1.165) is 63.5 Å². The van der Waals surface area contributed by atoms with Crippen LogP contribution in [0.2, 0.25) is 0 Å². The minimum absolute atomic E-state index is 0.116. The average molecular weight is 702 g/mol. The smallest absolute Gasteiger partial charge is 0.255 e. The summed E-state index contributed by atoms with van der Waals surface area (Å²) in [6.45, 7) is 7.76. The monoisotopic (exact) mass is 701 g/mol. The predicted octanol–water partition coefficient (Wildman–Crippen LogP) is 5.83. The third kappa shape index (κ3) is 6.14. The van der Waals surface area contributed by atoms with Crippen molar-refractivity contribution >= 4 is 29.1 Å². The fraction of sp³-hybridized carbons (Fsp3) is 0.512. The molecule has 9 heteroatoms. The van der Waals surface area contributed by atoms with Gasteiger partial charge in [0.05, 0.1) is 0 Å². The molecule has 2 atom stereocenters. The second kappa shape index (κ2) is 13.6. The van der Waals surface area contributed by atoms with E-state index in [9.17, 15) is 19.5 Å². The van der Waals surface area contributed by atoms with Crippen molar-refractivity contribution in [1.29, 1.82) is 0 Å². The summed E-state index contributed by atoms with van der Waals surface area (Å²) in [5.74, 6) is 0.772. The van der Waals surface area contributed by atoms with Crippen molar-refractivity contribution in [2.45, 2.75) is 82.7 Å². The number of nitrogens with one attached hydrogen (secondary N) is 1. The molecule has 272 valence electrons. The van der Waals surface area contributed by atoms with Crippen molar-refractivity contribution in [3.63, 3.8) is 0 Å². The normalized spacial score (nSPS) is 25.1. The lowest BCUT2D eigenvalue weighted by Gasteiger charge is -2.43. The summed E-state index contributed by atoms with van der Waals surface area (Å²) < 4.78 is 0.